The number of para-hydroxylation sites is 3. The molecule has 0 spiro atoms. The van der Waals surface area contributed by atoms with Gasteiger partial charge in [-0.3, -0.25) is 25.1 Å². The van der Waals surface area contributed by atoms with Crippen LogP contribution in [-0.4, -0.2) is 125 Å². The predicted octanol–water partition coefficient (Wildman–Crippen LogP) is 10.4. The summed E-state index contributed by atoms with van der Waals surface area (Å²) in [6.07, 6.45) is 4.79. The van der Waals surface area contributed by atoms with Gasteiger partial charge in [0.25, 0.3) is 34.4 Å². The Morgan fingerprint density at radius 2 is 0.947 bits per heavy atom. The van der Waals surface area contributed by atoms with Crippen LogP contribution in [0.15, 0.2) is 182 Å². The highest BCUT2D eigenvalue weighted by Gasteiger charge is 2.25. The van der Waals surface area contributed by atoms with Crippen LogP contribution in [0.3, 0.4) is 0 Å². The minimum absolute atomic E-state index is 0.0674. The van der Waals surface area contributed by atoms with Crippen LogP contribution in [-0.2, 0) is 9.59 Å². The Hall–Kier alpha value is -13.2. The van der Waals surface area contributed by atoms with Crippen LogP contribution in [0.4, 0.5) is 63.2 Å². The van der Waals surface area contributed by atoms with Gasteiger partial charge in [0.05, 0.1) is 82.9 Å². The Morgan fingerprint density at radius 1 is 0.439 bits per heavy atom. The number of anilines is 10. The highest BCUT2D eigenvalue weighted by molar-refractivity contribution is 6.42. The Bertz CT molecular complexity index is 5900. The van der Waals surface area contributed by atoms with Gasteiger partial charge in [-0.2, -0.15) is 10.2 Å². The summed E-state index contributed by atoms with van der Waals surface area (Å²) >= 11 is 35.9. The van der Waals surface area contributed by atoms with Gasteiger partial charge < -0.3 is 75.6 Å². The number of nitrogens with one attached hydrogen (secondary N) is 8. The van der Waals surface area contributed by atoms with Crippen molar-refractivity contribution in [2.24, 2.45) is 17.2 Å². The van der Waals surface area contributed by atoms with Crippen LogP contribution in [0.25, 0.3) is 55.2 Å². The molecule has 0 fully saturated rings. The molecule has 43 heteroatoms. The number of aromatic amines is 2. The third-order valence-corrected chi connectivity index (χ3v) is 17.7. The van der Waals surface area contributed by atoms with E-state index < -0.39 is 17.9 Å². The Kier molecular flexibility index (Phi) is 28.0. The van der Waals surface area contributed by atoms with E-state index in [1.54, 1.807) is 128 Å². The van der Waals surface area contributed by atoms with Crippen molar-refractivity contribution >= 4 is 201 Å². The lowest BCUT2D eigenvalue weighted by Crippen LogP contribution is -2.34. The first-order valence-corrected chi connectivity index (χ1v) is 36.1. The molecule has 582 valence electrons. The highest BCUT2D eigenvalue weighted by Crippen LogP contribution is 2.33. The third kappa shape index (κ3) is 22.3. The number of nitrogen functional groups attached to an aromatic ring is 2. The number of nitrogens with two attached hydrogens (primary N) is 5. The van der Waals surface area contributed by atoms with E-state index in [1.165, 1.54) is 24.3 Å². The second kappa shape index (κ2) is 39.1. The number of fused-ring (bicyclic) bond motifs is 5. The predicted molar refractivity (Wildman–Crippen MR) is 434 cm³/mol. The molecule has 8 aromatic carbocycles. The molecule has 15 rings (SSSR count). The number of aromatic nitrogens is 19. The lowest BCUT2D eigenvalue weighted by Gasteiger charge is -2.17. The van der Waals surface area contributed by atoms with E-state index in [2.05, 4.69) is 113 Å². The molecule has 0 aliphatic rings. The first kappa shape index (κ1) is 81.7. The molecule has 114 heavy (non-hydrogen) atoms. The molecular formula is C71H64Cl6N30O7. The van der Waals surface area contributed by atoms with Crippen LogP contribution in [0.5, 0.6) is 5.75 Å². The molecule has 0 aliphatic carbocycles. The van der Waals surface area contributed by atoms with Crippen molar-refractivity contribution in [1.29, 1.82) is 0 Å². The number of rotatable bonds is 20. The number of nitrogens with zero attached hydrogens (tertiary/aromatic N) is 17. The van der Waals surface area contributed by atoms with Crippen LogP contribution in [0, 0.1) is 15.6 Å². The van der Waals surface area contributed by atoms with Crippen LogP contribution < -0.4 is 79.8 Å². The normalized spacial score (nSPS) is 11.3. The van der Waals surface area contributed by atoms with Crippen LogP contribution in [0.1, 0.15) is 42.2 Å². The fraction of sp³-hybridized carbons (Fsp3) is 0.127. The molecule has 0 saturated carbocycles. The summed E-state index contributed by atoms with van der Waals surface area (Å²) in [5.74, 6) is 0.740. The number of hydrogen-bond donors (Lipinski definition) is 13. The standard InChI is InChI=1S/C17H16Cl2N6O3.C17H16Cl2N6O2.C17H16Cl2N6O.C10H8N6O.C10H8N6/c18-10-2-4-14-12(8-10)21-16(24-25(14)27)23-17(26)22-13-9-11(19)3-5-15(13)28-7-1-6-20;18-12-3-1-9(7-13(12)19)11(5-6-20)16(26)22-10-2-4-15-14(8-10)23-17(21)24-25(15)27;18-12-3-1-9(7-13(12)19)11(5-6-20)16(26)22-10-2-4-14-15(8-10)23-17(21)25-24-14;17-16-8-4-2-1-3-7(8)12-10(15-16)13-9-5-6-11-14-9;1-2-4-8-7(3-1)12-10(16-14-8)13-9-5-6-11-15-9/h2-5,8-9H,1,6-7,20H2,(H2,21,22,23,24,26);1-4,7-8,11H,5-6,20H2,(H,22,26)(H2,21,23,24);1-4,7-8,11H,5-6,20H2,(H,22,26)(H2,21,23,25);1-6H,(H2,11,12,13,14,15);1-6H,(H2,11,12,13,15,16). The van der Waals surface area contributed by atoms with Crippen molar-refractivity contribution in [3.05, 3.63) is 239 Å². The van der Waals surface area contributed by atoms with E-state index in [-0.39, 0.29) is 46.6 Å². The molecular weight excluding hydrogens is 1600 g/mol. The summed E-state index contributed by atoms with van der Waals surface area (Å²) in [7, 11) is 0. The average Bonchev–Trinajstić information content (AvgIpc) is 1.00. The third-order valence-electron chi connectivity index (χ3n) is 15.8. The van der Waals surface area contributed by atoms with E-state index >= 15 is 0 Å². The maximum absolute atomic E-state index is 12.8. The molecule has 2 unspecified atom stereocenters. The van der Waals surface area contributed by atoms with Gasteiger partial charge in [-0.1, -0.05) is 106 Å². The molecule has 7 aromatic heterocycles. The number of ether oxygens (including phenoxy) is 1. The van der Waals surface area contributed by atoms with Gasteiger partial charge in [-0.25, -0.2) is 29.7 Å². The van der Waals surface area contributed by atoms with Gasteiger partial charge >= 0.3 is 6.03 Å². The lowest BCUT2D eigenvalue weighted by atomic mass is 9.94. The van der Waals surface area contributed by atoms with Gasteiger partial charge in [0.1, 0.15) is 45.0 Å². The Morgan fingerprint density at radius 3 is 1.57 bits per heavy atom. The van der Waals surface area contributed by atoms with Crippen molar-refractivity contribution in [1.82, 2.24) is 81.0 Å². The number of halogens is 6. The van der Waals surface area contributed by atoms with Crippen molar-refractivity contribution < 1.29 is 33.7 Å². The van der Waals surface area contributed by atoms with Crippen LogP contribution in [0.2, 0.25) is 30.1 Å². The van der Waals surface area contributed by atoms with E-state index in [0.717, 1.165) is 22.4 Å². The fourth-order valence-electron chi connectivity index (χ4n) is 10.5. The number of carbonyl (C=O) groups excluding carboxylic acids is 3. The van der Waals surface area contributed by atoms with E-state index in [1.807, 2.05) is 30.3 Å². The Balaban J connectivity index is 0.000000143. The summed E-state index contributed by atoms with van der Waals surface area (Å²) in [4.78, 5) is 60.0. The van der Waals surface area contributed by atoms with Gasteiger partial charge in [-0.15, -0.1) is 20.4 Å². The first-order chi connectivity index (χ1) is 55.1. The molecule has 37 nitrogen and oxygen atoms in total. The molecule has 15 aromatic rings. The van der Waals surface area contributed by atoms with Crippen molar-refractivity contribution in [3.63, 3.8) is 0 Å². The van der Waals surface area contributed by atoms with Gasteiger partial charge in [-0.05, 0) is 168 Å². The summed E-state index contributed by atoms with van der Waals surface area (Å²) < 4.78 is 5.59. The maximum Gasteiger partial charge on any atom is 0.326 e. The zero-order valence-corrected chi connectivity index (χ0v) is 63.6. The molecule has 0 saturated heterocycles. The molecule has 0 bridgehead atoms. The summed E-state index contributed by atoms with van der Waals surface area (Å²) in [6, 6.07) is 46.7. The van der Waals surface area contributed by atoms with Crippen molar-refractivity contribution in [2.75, 3.05) is 69.6 Å². The minimum Gasteiger partial charge on any atom is -0.594 e. The van der Waals surface area contributed by atoms with Gasteiger partial charge in [0.15, 0.2) is 0 Å². The number of benzene rings is 8. The van der Waals surface area contributed by atoms with E-state index in [0.29, 0.717) is 163 Å². The fourth-order valence-corrected chi connectivity index (χ4v) is 11.5. The molecule has 4 amide bonds. The number of hydrogen-bond acceptors (Lipinski definition) is 28. The SMILES string of the molecule is NCCC(C(=O)Nc1ccc2c(c1)nc(N)n[n+]2[O-])c1ccc(Cl)c(Cl)c1.NCCC(C(=O)Nc1ccc2nnc(N)nc2c1)c1ccc(Cl)c(Cl)c1.NCCCOc1ccc(Cl)cc1NC(=O)Nc1nc2cc(Cl)ccc2[n+]([O-])n1.[O-][n+]1nc(Nc2ccn[nH]2)nc2ccccc21.c1ccc2nc(Nc3ccn[nH]3)nnc2c1. The van der Waals surface area contributed by atoms with Gasteiger partial charge in [0, 0.05) is 51.8 Å². The number of carbonyl (C=O) groups is 3. The topological polar surface area (TPSA) is 556 Å². The van der Waals surface area contributed by atoms with E-state index in [9.17, 15) is 30.0 Å². The number of urea groups is 1. The second-order valence-electron chi connectivity index (χ2n) is 23.8. The zero-order chi connectivity index (χ0) is 80.8. The molecule has 18 N–H and O–H groups in total. The summed E-state index contributed by atoms with van der Waals surface area (Å²) in [6.45, 7) is 1.54. The molecule has 2 atom stereocenters. The largest absolute Gasteiger partial charge is 0.594 e. The Labute approximate surface area is 674 Å². The summed E-state index contributed by atoms with van der Waals surface area (Å²) in [5.41, 5.74) is 35.5. The van der Waals surface area contributed by atoms with Crippen LogP contribution >= 0.6 is 69.6 Å². The maximum atomic E-state index is 12.8. The highest BCUT2D eigenvalue weighted by atomic mass is 35.5. The van der Waals surface area contributed by atoms with E-state index in [4.69, 9.17) is 103 Å². The smallest absolute Gasteiger partial charge is 0.326 e. The first-order valence-electron chi connectivity index (χ1n) is 33.8. The zero-order valence-electron chi connectivity index (χ0n) is 59.0. The van der Waals surface area contributed by atoms with Crippen molar-refractivity contribution in [2.45, 2.75) is 31.1 Å². The van der Waals surface area contributed by atoms with Gasteiger partial charge in [0.2, 0.25) is 23.7 Å². The number of H-pyrrole nitrogens is 2. The monoisotopic (exact) mass is 1660 g/mol. The molecule has 0 aliphatic heterocycles. The lowest BCUT2D eigenvalue weighted by molar-refractivity contribution is -0.641. The quantitative estimate of drug-likeness (QED) is 0.0191. The molecule has 0 radical (unpaired) electrons. The summed E-state index contributed by atoms with van der Waals surface area (Å²) in [5, 5.41) is 93.9. The van der Waals surface area contributed by atoms with Crippen molar-refractivity contribution in [3.8, 4) is 5.75 Å². The minimum atomic E-state index is -0.674. The number of amides is 4. The second-order valence-corrected chi connectivity index (χ2v) is 26.3. The molecule has 7 heterocycles. The average molecular weight is 1660 g/mol.